The first-order valence-electron chi connectivity index (χ1n) is 25.8. The highest BCUT2D eigenvalue weighted by molar-refractivity contribution is 6.43. The lowest BCUT2D eigenvalue weighted by Crippen LogP contribution is -2.41. The molecule has 2 aromatic carbocycles. The second-order valence-corrected chi connectivity index (χ2v) is 19.4. The maximum Gasteiger partial charge on any atom is 0.416 e. The summed E-state index contributed by atoms with van der Waals surface area (Å²) >= 11 is 0. The first kappa shape index (κ1) is 59.1. The number of carbonyl (C=O) groups is 2. The number of aryl methyl sites for hydroxylation is 1. The van der Waals surface area contributed by atoms with E-state index < -0.39 is 23.5 Å². The number of amides is 2. The molecular weight excluding hydrogens is 965 g/mol. The first-order chi connectivity index (χ1) is 35.6. The molecule has 0 radical (unpaired) electrons. The molecule has 2 aromatic heterocycles. The lowest BCUT2D eigenvalue weighted by Gasteiger charge is -2.35. The van der Waals surface area contributed by atoms with Crippen molar-refractivity contribution in [3.8, 4) is 0 Å². The maximum absolute atomic E-state index is 13.3. The van der Waals surface area contributed by atoms with Crippen LogP contribution in [-0.4, -0.2) is 93.1 Å². The summed E-state index contributed by atoms with van der Waals surface area (Å²) in [7, 11) is 1.54. The predicted octanol–water partition coefficient (Wildman–Crippen LogP) is 14.2. The molecule has 3 saturated heterocycles. The van der Waals surface area contributed by atoms with Crippen molar-refractivity contribution in [2.75, 3.05) is 46.3 Å². The number of likely N-dealkylation sites (tertiary alicyclic amines) is 3. The summed E-state index contributed by atoms with van der Waals surface area (Å²) in [6.45, 7) is 26.5. The van der Waals surface area contributed by atoms with E-state index in [0.29, 0.717) is 86.9 Å². The number of aromatic nitrogens is 3. The Labute approximate surface area is 439 Å². The molecule has 0 saturated carbocycles. The van der Waals surface area contributed by atoms with E-state index in [0.717, 1.165) is 65.9 Å². The molecule has 402 valence electrons. The molecule has 3 aliphatic heterocycles. The highest BCUT2D eigenvalue weighted by Gasteiger charge is 2.37. The Morgan fingerprint density at radius 3 is 1.68 bits per heavy atom. The molecule has 8 rings (SSSR count). The van der Waals surface area contributed by atoms with Gasteiger partial charge >= 0.3 is 12.4 Å². The number of halogens is 6. The van der Waals surface area contributed by atoms with Gasteiger partial charge in [-0.1, -0.05) is 111 Å². The monoisotopic (exact) mass is 1040 g/mol. The van der Waals surface area contributed by atoms with Gasteiger partial charge in [-0.2, -0.15) is 31.4 Å². The summed E-state index contributed by atoms with van der Waals surface area (Å²) in [6.07, 6.45) is 12.8. The number of benzene rings is 2. The molecule has 5 heterocycles. The van der Waals surface area contributed by atoms with Crippen LogP contribution in [0.25, 0.3) is 11.3 Å². The number of hydrogen-bond acceptors (Lipinski definition) is 6. The summed E-state index contributed by atoms with van der Waals surface area (Å²) in [4.78, 5) is 38.4. The highest BCUT2D eigenvalue weighted by atomic mass is 19.4. The van der Waals surface area contributed by atoms with E-state index in [1.807, 2.05) is 50.9 Å². The van der Waals surface area contributed by atoms with Gasteiger partial charge in [0.1, 0.15) is 11.4 Å². The topological polar surface area (TPSA) is 86.4 Å². The number of nitrogens with zero attached hydrogens (tertiary/aromatic N) is 7. The molecule has 0 spiro atoms. The Kier molecular flexibility index (Phi) is 21.8. The van der Waals surface area contributed by atoms with Crippen molar-refractivity contribution in [3.63, 3.8) is 0 Å². The smallest absolute Gasteiger partial charge is 0.370 e. The second-order valence-electron chi connectivity index (χ2n) is 19.4. The molecule has 1 aliphatic carbocycles. The van der Waals surface area contributed by atoms with Crippen LogP contribution >= 0.6 is 0 Å². The van der Waals surface area contributed by atoms with Gasteiger partial charge in [-0.3, -0.25) is 14.6 Å². The van der Waals surface area contributed by atoms with Crippen LogP contribution in [0.3, 0.4) is 0 Å². The highest BCUT2D eigenvalue weighted by Crippen LogP contribution is 2.41. The first-order valence-corrected chi connectivity index (χ1v) is 25.8. The van der Waals surface area contributed by atoms with Gasteiger partial charge < -0.3 is 14.7 Å². The lowest BCUT2D eigenvalue weighted by atomic mass is 9.86. The van der Waals surface area contributed by atoms with Gasteiger partial charge in [0.2, 0.25) is 5.91 Å². The van der Waals surface area contributed by atoms with E-state index >= 15 is 0 Å². The van der Waals surface area contributed by atoms with Gasteiger partial charge in [0.05, 0.1) is 28.7 Å². The van der Waals surface area contributed by atoms with E-state index in [1.165, 1.54) is 36.6 Å². The Hall–Kier alpha value is -6.77. The molecule has 2 amide bonds. The van der Waals surface area contributed by atoms with Crippen LogP contribution in [0.5, 0.6) is 0 Å². The molecule has 0 unspecified atom stereocenters. The molecular formula is C60H73F6N7O2. The average Bonchev–Trinajstić information content (AvgIpc) is 3.84. The van der Waals surface area contributed by atoms with E-state index in [2.05, 4.69) is 64.5 Å². The van der Waals surface area contributed by atoms with Crippen LogP contribution in [0.2, 0.25) is 0 Å². The molecule has 0 bridgehead atoms. The van der Waals surface area contributed by atoms with Gasteiger partial charge in [-0.05, 0) is 137 Å². The third-order valence-electron chi connectivity index (χ3n) is 13.8. The molecule has 4 aliphatic rings. The zero-order valence-electron chi connectivity index (χ0n) is 44.2. The Balaban J connectivity index is 0.000000205. The number of hydrogen-bond donors (Lipinski definition) is 0. The summed E-state index contributed by atoms with van der Waals surface area (Å²) < 4.78 is 81.3. The van der Waals surface area contributed by atoms with Crippen molar-refractivity contribution < 1.29 is 35.9 Å². The summed E-state index contributed by atoms with van der Waals surface area (Å²) in [5.74, 6) is 0.494. The number of carbonyl (C=O) groups excluding carboxylic acids is 2. The number of fused-ring (bicyclic) bond motifs is 1. The van der Waals surface area contributed by atoms with Gasteiger partial charge in [0.15, 0.2) is 5.65 Å². The Morgan fingerprint density at radius 1 is 0.707 bits per heavy atom. The van der Waals surface area contributed by atoms with Gasteiger partial charge in [0, 0.05) is 52.7 Å². The number of rotatable bonds is 10. The number of allylic oxidation sites excluding steroid dienone is 8. The minimum Gasteiger partial charge on any atom is -0.370 e. The minimum absolute atomic E-state index is 0.104. The van der Waals surface area contributed by atoms with Crippen LogP contribution in [0.1, 0.15) is 124 Å². The van der Waals surface area contributed by atoms with E-state index in [-0.39, 0.29) is 17.7 Å². The fraction of sp³-hybridized carbons (Fsp3) is 0.417. The molecule has 4 aromatic rings. The van der Waals surface area contributed by atoms with Crippen molar-refractivity contribution in [1.29, 1.82) is 0 Å². The number of piperidine rings is 3. The van der Waals surface area contributed by atoms with Crippen molar-refractivity contribution in [1.82, 2.24) is 29.3 Å². The molecule has 15 heteroatoms. The lowest BCUT2D eigenvalue weighted by molar-refractivity contribution is -0.139. The van der Waals surface area contributed by atoms with E-state index in [1.54, 1.807) is 59.0 Å². The van der Waals surface area contributed by atoms with Crippen LogP contribution in [0.4, 0.5) is 26.3 Å². The van der Waals surface area contributed by atoms with Gasteiger partial charge in [-0.15, -0.1) is 0 Å². The largest absolute Gasteiger partial charge is 0.416 e. The van der Waals surface area contributed by atoms with Crippen molar-refractivity contribution in [2.24, 2.45) is 10.9 Å². The van der Waals surface area contributed by atoms with Gasteiger partial charge in [-0.25, -0.2) is 9.50 Å². The van der Waals surface area contributed by atoms with Crippen LogP contribution in [0.15, 0.2) is 151 Å². The number of alkyl halides is 6. The zero-order valence-corrected chi connectivity index (χ0v) is 44.2. The summed E-state index contributed by atoms with van der Waals surface area (Å²) in [5, 5.41) is 4.40. The van der Waals surface area contributed by atoms with Crippen LogP contribution in [-0.2, 0) is 21.9 Å². The molecule has 9 nitrogen and oxygen atoms in total. The number of imidazole rings is 1. The van der Waals surface area contributed by atoms with Crippen molar-refractivity contribution in [2.45, 2.75) is 110 Å². The zero-order chi connectivity index (χ0) is 54.9. The molecule has 3 fully saturated rings. The van der Waals surface area contributed by atoms with Gasteiger partial charge in [0.25, 0.3) is 5.91 Å². The quantitative estimate of drug-likeness (QED) is 0.0897. The fourth-order valence-electron chi connectivity index (χ4n) is 9.60. The number of aliphatic imine (C=N–C) groups is 1. The SMILES string of the molecule is C=C(C)/C=C\C(=NC)C(=O)N1CCC(c2ccccc2C(F)(F)F)CC1.C=C(c1cn2nc(C)ccc2n1)N1CCC(c2ccccc2C(F)(F)F)CC1.C=CC(=C)C.CCC(=O)N1CCC(C2=CCCC=C2)CC1. The fourth-order valence-corrected chi connectivity index (χ4v) is 9.60. The van der Waals surface area contributed by atoms with E-state index in [4.69, 9.17) is 0 Å². The normalized spacial score (nSPS) is 17.0. The van der Waals surface area contributed by atoms with E-state index in [9.17, 15) is 35.9 Å². The van der Waals surface area contributed by atoms with Crippen LogP contribution < -0.4 is 0 Å². The molecule has 0 N–H and O–H groups in total. The maximum atomic E-state index is 13.3. The van der Waals surface area contributed by atoms with Crippen LogP contribution in [0, 0.1) is 12.8 Å². The third kappa shape index (κ3) is 17.1. The van der Waals surface area contributed by atoms with Crippen molar-refractivity contribution in [3.05, 3.63) is 180 Å². The second kappa shape index (κ2) is 27.7. The Morgan fingerprint density at radius 2 is 1.21 bits per heavy atom. The molecule has 75 heavy (non-hydrogen) atoms. The van der Waals surface area contributed by atoms with Crippen molar-refractivity contribution >= 4 is 28.9 Å². The summed E-state index contributed by atoms with van der Waals surface area (Å²) in [5.41, 5.74) is 6.44. The Bertz CT molecular complexity index is 2740. The molecule has 0 atom stereocenters. The average molecular weight is 1040 g/mol. The standard InChI is InChI=1S/C21H21F3N4.C20H23F3N2O.C14H21NO.C5H8/c1-14-7-8-20-25-19(13-28(20)26-14)15(2)27-11-9-16(10-12-27)17-5-3-4-6-18(17)21(22,23)24;1-14(2)8-9-18(24-3)19(26)25-12-10-15(11-13-25)16-6-4-5-7-17(16)20(21,22)23;1-2-14(16)15-10-8-13(9-11-15)12-6-4-3-5-7-12;1-4-5(2)3/h3-8,13,16H,2,9-12H2,1H3;4-9,15H,1,10-13H2,2-3H3;4,6-7,13H,2-3,5,8-11H2,1H3;4H,1-2H2,3H3/b;9-8-,24-18?;;. The third-order valence-corrected chi connectivity index (χ3v) is 13.8. The summed E-state index contributed by atoms with van der Waals surface area (Å²) in [6, 6.07) is 15.4. The predicted molar refractivity (Wildman–Crippen MR) is 290 cm³/mol. The minimum atomic E-state index is -4.36.